The van der Waals surface area contributed by atoms with E-state index in [1.807, 2.05) is 0 Å². The minimum absolute atomic E-state index is 0.0298. The molecular formula is C32H30ClFN8O4S2. The first-order valence-corrected chi connectivity index (χ1v) is 17.6. The fraction of sp³-hybridized carbons (Fsp3) is 0.125. The molecule has 0 saturated carbocycles. The largest absolute Gasteiger partial charge is 0.316 e. The van der Waals surface area contributed by atoms with E-state index in [9.17, 15) is 21.2 Å². The van der Waals surface area contributed by atoms with Gasteiger partial charge in [-0.1, -0.05) is 11.6 Å². The van der Waals surface area contributed by atoms with Crippen LogP contribution < -0.4 is 10.6 Å². The smallest absolute Gasteiger partial charge is 0.269 e. The summed E-state index contributed by atoms with van der Waals surface area (Å²) in [6.07, 6.45) is 11.5. The first-order valence-electron chi connectivity index (χ1n) is 14.3. The van der Waals surface area contributed by atoms with Crippen molar-refractivity contribution >= 4 is 31.6 Å². The second-order valence-corrected chi connectivity index (χ2v) is 14.2. The predicted octanol–water partition coefficient (Wildman–Crippen LogP) is 4.60. The Hall–Kier alpha value is -4.80. The average molecular weight is 709 g/mol. The third-order valence-electron chi connectivity index (χ3n) is 6.90. The van der Waals surface area contributed by atoms with E-state index in [0.717, 1.165) is 9.54 Å². The molecule has 0 amide bonds. The fourth-order valence-electron chi connectivity index (χ4n) is 4.77. The highest BCUT2D eigenvalue weighted by atomic mass is 35.5. The third-order valence-corrected chi connectivity index (χ3v) is 10.5. The molecule has 0 fully saturated rings. The predicted molar refractivity (Wildman–Crippen MR) is 179 cm³/mol. The molecule has 6 rings (SSSR count). The summed E-state index contributed by atoms with van der Waals surface area (Å²) in [4.78, 5) is 15.5. The lowest BCUT2D eigenvalue weighted by molar-refractivity contribution is 0.582. The zero-order valence-corrected chi connectivity index (χ0v) is 28.1. The van der Waals surface area contributed by atoms with E-state index in [2.05, 4.69) is 30.6 Å². The number of halogens is 2. The van der Waals surface area contributed by atoms with Gasteiger partial charge in [0, 0.05) is 68.2 Å². The molecule has 12 nitrogen and oxygen atoms in total. The van der Waals surface area contributed by atoms with Crippen molar-refractivity contribution in [3.8, 4) is 22.5 Å². The summed E-state index contributed by atoms with van der Waals surface area (Å²) in [7, 11) is -4.15. The Morgan fingerprint density at radius 2 is 1.15 bits per heavy atom. The molecule has 48 heavy (non-hydrogen) atoms. The second-order valence-electron chi connectivity index (χ2n) is 10.2. The van der Waals surface area contributed by atoms with Crippen molar-refractivity contribution < 1.29 is 21.2 Å². The molecule has 6 aromatic rings. The third kappa shape index (κ3) is 7.35. The van der Waals surface area contributed by atoms with Gasteiger partial charge < -0.3 is 10.6 Å². The van der Waals surface area contributed by atoms with Gasteiger partial charge in [-0.15, -0.1) is 0 Å². The maximum atomic E-state index is 14.1. The zero-order chi connectivity index (χ0) is 34.3. The summed E-state index contributed by atoms with van der Waals surface area (Å²) in [5, 5.41) is 6.21. The van der Waals surface area contributed by atoms with Gasteiger partial charge in [-0.25, -0.2) is 34.7 Å². The summed E-state index contributed by atoms with van der Waals surface area (Å²) < 4.78 is 68.2. The topological polar surface area (TPSA) is 154 Å². The molecule has 2 N–H and O–H groups in total. The lowest BCUT2D eigenvalue weighted by Crippen LogP contribution is -2.14. The molecule has 0 aliphatic rings. The molecule has 16 heteroatoms. The van der Waals surface area contributed by atoms with E-state index in [-0.39, 0.29) is 26.2 Å². The maximum Gasteiger partial charge on any atom is 0.269 e. The van der Waals surface area contributed by atoms with Crippen LogP contribution in [-0.4, -0.2) is 58.8 Å². The number of nitrogens with zero attached hydrogens (tertiary/aromatic N) is 6. The molecule has 0 radical (unpaired) electrons. The van der Waals surface area contributed by atoms with Crippen molar-refractivity contribution in [1.82, 2.24) is 38.5 Å². The number of hydrogen-bond donors (Lipinski definition) is 2. The minimum atomic E-state index is -3.90. The number of aromatic nitrogens is 6. The van der Waals surface area contributed by atoms with Crippen molar-refractivity contribution in [3.63, 3.8) is 0 Å². The zero-order valence-electron chi connectivity index (χ0n) is 25.7. The van der Waals surface area contributed by atoms with Crippen molar-refractivity contribution in [2.75, 3.05) is 14.1 Å². The van der Waals surface area contributed by atoms with Crippen LogP contribution in [0.4, 0.5) is 4.39 Å². The number of nitrogens with one attached hydrogen (secondary N) is 2. The molecule has 6 heterocycles. The van der Waals surface area contributed by atoms with Crippen LogP contribution in [0.25, 0.3) is 22.5 Å². The average Bonchev–Trinajstić information content (AvgIpc) is 3.72. The van der Waals surface area contributed by atoms with Gasteiger partial charge in [0.15, 0.2) is 0 Å². The second kappa shape index (κ2) is 15.0. The van der Waals surface area contributed by atoms with Crippen molar-refractivity contribution in [2.45, 2.75) is 22.9 Å². The molecule has 0 spiro atoms. The van der Waals surface area contributed by atoms with Gasteiger partial charge in [0.1, 0.15) is 14.9 Å². The van der Waals surface area contributed by atoms with E-state index in [0.29, 0.717) is 29.9 Å². The van der Waals surface area contributed by atoms with Gasteiger partial charge in [-0.3, -0.25) is 9.97 Å². The van der Waals surface area contributed by atoms with Crippen LogP contribution in [0.5, 0.6) is 0 Å². The molecule has 0 atom stereocenters. The van der Waals surface area contributed by atoms with Gasteiger partial charge in [-0.2, -0.15) is 4.39 Å². The Morgan fingerprint density at radius 1 is 0.688 bits per heavy atom. The van der Waals surface area contributed by atoms with Crippen molar-refractivity contribution in [3.05, 3.63) is 132 Å². The van der Waals surface area contributed by atoms with E-state index in [1.165, 1.54) is 65.4 Å². The van der Waals surface area contributed by atoms with Gasteiger partial charge in [0.25, 0.3) is 20.0 Å². The van der Waals surface area contributed by atoms with Gasteiger partial charge in [0.05, 0.1) is 17.0 Å². The maximum absolute atomic E-state index is 14.1. The van der Waals surface area contributed by atoms with Crippen LogP contribution in [0, 0.1) is 5.95 Å². The van der Waals surface area contributed by atoms with Gasteiger partial charge in [0.2, 0.25) is 5.95 Å². The van der Waals surface area contributed by atoms with Crippen LogP contribution in [0.1, 0.15) is 11.1 Å². The Kier molecular flexibility index (Phi) is 10.8. The molecule has 6 aromatic heterocycles. The summed E-state index contributed by atoms with van der Waals surface area (Å²) in [5.74, 6) is -0.728. The van der Waals surface area contributed by atoms with Gasteiger partial charge in [-0.05, 0) is 85.9 Å². The van der Waals surface area contributed by atoms with Crippen LogP contribution in [0.15, 0.2) is 120 Å². The molecule has 0 aliphatic heterocycles. The molecule has 0 saturated heterocycles. The van der Waals surface area contributed by atoms with Crippen LogP contribution in [0.2, 0.25) is 5.15 Å². The lowest BCUT2D eigenvalue weighted by Gasteiger charge is -2.11. The first-order chi connectivity index (χ1) is 23.1. The Bertz CT molecular complexity index is 2070. The van der Waals surface area contributed by atoms with E-state index < -0.39 is 26.0 Å². The van der Waals surface area contributed by atoms with E-state index >= 15 is 0 Å². The highest BCUT2D eigenvalue weighted by Gasteiger charge is 2.25. The summed E-state index contributed by atoms with van der Waals surface area (Å²) in [5.41, 5.74) is 2.88. The van der Waals surface area contributed by atoms with Crippen molar-refractivity contribution in [2.24, 2.45) is 0 Å². The Balaban J connectivity index is 0.000000188. The van der Waals surface area contributed by atoms with E-state index in [4.69, 9.17) is 11.6 Å². The lowest BCUT2D eigenvalue weighted by atomic mass is 10.2. The van der Waals surface area contributed by atoms with Crippen LogP contribution >= 0.6 is 11.6 Å². The standard InChI is InChI=1S/C16H15ClN4O2S.C16H15FN4O2S/c2*1-18-9-12-8-15(14-5-3-7-20-16(14)17)21(11-12)24(22,23)13-4-2-6-19-10-13/h2*2-8,10-11,18H,9H2,1H3. The minimum Gasteiger partial charge on any atom is -0.316 e. The number of hydrogen-bond acceptors (Lipinski definition) is 10. The SMILES string of the molecule is CNCc1cc(-c2cccnc2Cl)n(S(=O)(=O)c2cccnc2)c1.CNCc1cc(-c2cccnc2F)n(S(=O)(=O)c2cccnc2)c1. The molecule has 248 valence electrons. The fourth-order valence-corrected chi connectivity index (χ4v) is 7.69. The Morgan fingerprint density at radius 3 is 1.58 bits per heavy atom. The van der Waals surface area contributed by atoms with Crippen LogP contribution in [-0.2, 0) is 33.1 Å². The number of rotatable bonds is 10. The summed E-state index contributed by atoms with van der Waals surface area (Å²) >= 11 is 6.17. The highest BCUT2D eigenvalue weighted by molar-refractivity contribution is 7.90. The molecule has 0 unspecified atom stereocenters. The monoisotopic (exact) mass is 708 g/mol. The first kappa shape index (κ1) is 34.5. The number of pyridine rings is 4. The molecule has 0 bridgehead atoms. The summed E-state index contributed by atoms with van der Waals surface area (Å²) in [6, 6.07) is 16.0. The van der Waals surface area contributed by atoms with E-state index in [1.54, 1.807) is 62.9 Å². The molecule has 0 aromatic carbocycles. The highest BCUT2D eigenvalue weighted by Crippen LogP contribution is 2.31. The quantitative estimate of drug-likeness (QED) is 0.193. The Labute approximate surface area is 282 Å². The molecular weight excluding hydrogens is 679 g/mol. The van der Waals surface area contributed by atoms with Crippen LogP contribution in [0.3, 0.4) is 0 Å². The van der Waals surface area contributed by atoms with Gasteiger partial charge >= 0.3 is 0 Å². The summed E-state index contributed by atoms with van der Waals surface area (Å²) in [6.45, 7) is 0.977. The normalized spacial score (nSPS) is 11.6. The van der Waals surface area contributed by atoms with Crippen molar-refractivity contribution in [1.29, 1.82) is 0 Å². The molecule has 0 aliphatic carbocycles.